The maximum atomic E-state index is 12.8. The predicted octanol–water partition coefficient (Wildman–Crippen LogP) is 2.94. The zero-order valence-corrected chi connectivity index (χ0v) is 16.6. The van der Waals surface area contributed by atoms with Crippen LogP contribution in [0.25, 0.3) is 11.0 Å². The summed E-state index contributed by atoms with van der Waals surface area (Å²) >= 11 is 1.71. The molecule has 0 N–H and O–H groups in total. The Labute approximate surface area is 171 Å². The lowest BCUT2D eigenvalue weighted by atomic mass is 10.2. The van der Waals surface area contributed by atoms with Crippen molar-refractivity contribution < 1.29 is 14.0 Å². The summed E-state index contributed by atoms with van der Waals surface area (Å²) in [5, 5.41) is 2.51. The average molecular weight is 408 g/mol. The van der Waals surface area contributed by atoms with Crippen LogP contribution in [0, 0.1) is 5.92 Å². The molecule has 7 heteroatoms. The standard InChI is InChI=1S/C22H20N2O4S/c25-17-13-19(28-18-5-2-1-4-14(17)18)22(27)24-9-7-23(8-10-24)21(26)16-12-15(16)20-6-3-11-29-20/h1-6,11,13,15-16H,7-10,12H2. The molecule has 1 aromatic carbocycles. The number of carbonyl (C=O) groups is 2. The highest BCUT2D eigenvalue weighted by Gasteiger charge is 2.46. The molecule has 6 nitrogen and oxygen atoms in total. The molecule has 3 heterocycles. The molecule has 2 fully saturated rings. The second-order valence-corrected chi connectivity index (χ2v) is 8.53. The molecule has 2 unspecified atom stereocenters. The molecule has 2 atom stereocenters. The van der Waals surface area contributed by atoms with Gasteiger partial charge in [0.15, 0.2) is 11.2 Å². The van der Waals surface area contributed by atoms with E-state index in [1.165, 1.54) is 10.9 Å². The monoisotopic (exact) mass is 408 g/mol. The van der Waals surface area contributed by atoms with Crippen LogP contribution in [0.5, 0.6) is 0 Å². The Morgan fingerprint density at radius 3 is 2.52 bits per heavy atom. The van der Waals surface area contributed by atoms with Crippen molar-refractivity contribution in [2.75, 3.05) is 26.2 Å². The summed E-state index contributed by atoms with van der Waals surface area (Å²) < 4.78 is 5.66. The van der Waals surface area contributed by atoms with Crippen LogP contribution in [-0.2, 0) is 4.79 Å². The molecule has 1 saturated carbocycles. The first-order chi connectivity index (χ1) is 14.1. The van der Waals surface area contributed by atoms with Crippen LogP contribution in [0.4, 0.5) is 0 Å². The Kier molecular flexibility index (Phi) is 4.47. The Hall–Kier alpha value is -2.93. The predicted molar refractivity (Wildman–Crippen MR) is 110 cm³/mol. The van der Waals surface area contributed by atoms with E-state index in [1.807, 2.05) is 16.3 Å². The SMILES string of the molecule is O=C(c1cc(=O)c2ccccc2o1)N1CCN(C(=O)C2CC2c2cccs2)CC1. The lowest BCUT2D eigenvalue weighted by Gasteiger charge is -2.34. The van der Waals surface area contributed by atoms with Crippen LogP contribution in [0.3, 0.4) is 0 Å². The summed E-state index contributed by atoms with van der Waals surface area (Å²) in [5.74, 6) is 0.368. The molecule has 1 aliphatic carbocycles. The molecule has 5 rings (SSSR count). The van der Waals surface area contributed by atoms with Gasteiger partial charge in [0.05, 0.1) is 5.39 Å². The second-order valence-electron chi connectivity index (χ2n) is 7.55. The van der Waals surface area contributed by atoms with Gasteiger partial charge in [-0.15, -0.1) is 11.3 Å². The van der Waals surface area contributed by atoms with Gasteiger partial charge in [0.25, 0.3) is 5.91 Å². The highest BCUT2D eigenvalue weighted by atomic mass is 32.1. The van der Waals surface area contributed by atoms with Crippen LogP contribution >= 0.6 is 11.3 Å². The third-order valence-corrected chi connectivity index (χ3v) is 6.74. The third kappa shape index (κ3) is 3.35. The highest BCUT2D eigenvalue weighted by molar-refractivity contribution is 7.10. The van der Waals surface area contributed by atoms with E-state index in [2.05, 4.69) is 6.07 Å². The Bertz CT molecular complexity index is 1130. The van der Waals surface area contributed by atoms with E-state index < -0.39 is 0 Å². The number of carbonyl (C=O) groups excluding carboxylic acids is 2. The van der Waals surface area contributed by atoms with Gasteiger partial charge in [-0.25, -0.2) is 0 Å². The maximum absolute atomic E-state index is 12.8. The minimum absolute atomic E-state index is 0.0495. The van der Waals surface area contributed by atoms with Gasteiger partial charge in [0.1, 0.15) is 5.58 Å². The van der Waals surface area contributed by atoms with E-state index in [0.717, 1.165) is 6.42 Å². The number of benzene rings is 1. The number of rotatable bonds is 3. The summed E-state index contributed by atoms with van der Waals surface area (Å²) in [6.07, 6.45) is 0.917. The van der Waals surface area contributed by atoms with Crippen molar-refractivity contribution in [3.05, 3.63) is 68.7 Å². The van der Waals surface area contributed by atoms with Gasteiger partial charge in [-0.2, -0.15) is 0 Å². The van der Waals surface area contributed by atoms with E-state index >= 15 is 0 Å². The lowest BCUT2D eigenvalue weighted by molar-refractivity contribution is -0.134. The first-order valence-corrected chi connectivity index (χ1v) is 10.6. The van der Waals surface area contributed by atoms with Crippen molar-refractivity contribution in [2.45, 2.75) is 12.3 Å². The van der Waals surface area contributed by atoms with Crippen molar-refractivity contribution in [2.24, 2.45) is 5.92 Å². The number of piperazine rings is 1. The van der Waals surface area contributed by atoms with Gasteiger partial charge in [-0.05, 0) is 30.0 Å². The quantitative estimate of drug-likeness (QED) is 0.668. The van der Waals surface area contributed by atoms with Crippen molar-refractivity contribution in [3.8, 4) is 0 Å². The van der Waals surface area contributed by atoms with Crippen molar-refractivity contribution in [1.82, 2.24) is 9.80 Å². The van der Waals surface area contributed by atoms with Crippen LogP contribution < -0.4 is 5.43 Å². The molecule has 1 aliphatic heterocycles. The smallest absolute Gasteiger partial charge is 0.289 e. The number of hydrogen-bond donors (Lipinski definition) is 0. The summed E-state index contributed by atoms with van der Waals surface area (Å²) in [7, 11) is 0. The normalized spacial score (nSPS) is 21.4. The van der Waals surface area contributed by atoms with Crippen LogP contribution in [0.1, 0.15) is 27.8 Å². The molecule has 2 aromatic heterocycles. The van der Waals surface area contributed by atoms with Crippen molar-refractivity contribution in [1.29, 1.82) is 0 Å². The summed E-state index contributed by atoms with van der Waals surface area (Å²) in [6.45, 7) is 1.90. The van der Waals surface area contributed by atoms with E-state index in [0.29, 0.717) is 43.1 Å². The second kappa shape index (κ2) is 7.15. The van der Waals surface area contributed by atoms with Gasteiger partial charge in [0, 0.05) is 49.0 Å². The van der Waals surface area contributed by atoms with E-state index in [1.54, 1.807) is 40.5 Å². The topological polar surface area (TPSA) is 70.8 Å². The molecule has 1 saturated heterocycles. The van der Waals surface area contributed by atoms with E-state index in [9.17, 15) is 14.4 Å². The fourth-order valence-corrected chi connectivity index (χ4v) is 4.92. The number of amides is 2. The zero-order chi connectivity index (χ0) is 20.0. The first-order valence-electron chi connectivity index (χ1n) is 9.76. The molecular weight excluding hydrogens is 388 g/mol. The van der Waals surface area contributed by atoms with Crippen LogP contribution in [0.2, 0.25) is 0 Å². The van der Waals surface area contributed by atoms with Crippen molar-refractivity contribution >= 4 is 34.1 Å². The van der Waals surface area contributed by atoms with E-state index in [-0.39, 0.29) is 28.9 Å². The number of fused-ring (bicyclic) bond motifs is 1. The molecule has 148 valence electrons. The zero-order valence-electron chi connectivity index (χ0n) is 15.7. The van der Waals surface area contributed by atoms with Gasteiger partial charge >= 0.3 is 0 Å². The lowest BCUT2D eigenvalue weighted by Crippen LogP contribution is -2.51. The molecule has 29 heavy (non-hydrogen) atoms. The Balaban J connectivity index is 1.23. The van der Waals surface area contributed by atoms with Gasteiger partial charge in [-0.3, -0.25) is 14.4 Å². The molecular formula is C22H20N2O4S. The summed E-state index contributed by atoms with van der Waals surface area (Å²) in [5.41, 5.74) is 0.183. The Morgan fingerprint density at radius 1 is 1.00 bits per heavy atom. The highest BCUT2D eigenvalue weighted by Crippen LogP contribution is 2.50. The van der Waals surface area contributed by atoms with Gasteiger partial charge in [-0.1, -0.05) is 18.2 Å². The summed E-state index contributed by atoms with van der Waals surface area (Å²) in [6, 6.07) is 12.3. The molecule has 0 spiro atoms. The first kappa shape index (κ1) is 18.1. The fourth-order valence-electron chi connectivity index (χ4n) is 4.01. The summed E-state index contributed by atoms with van der Waals surface area (Å²) in [4.78, 5) is 42.6. The fraction of sp³-hybridized carbons (Fsp3) is 0.318. The average Bonchev–Trinajstić information content (AvgIpc) is 3.37. The van der Waals surface area contributed by atoms with E-state index in [4.69, 9.17) is 4.42 Å². The van der Waals surface area contributed by atoms with Crippen molar-refractivity contribution in [3.63, 3.8) is 0 Å². The number of para-hydroxylation sites is 1. The molecule has 0 radical (unpaired) electrons. The molecule has 3 aromatic rings. The number of nitrogens with zero attached hydrogens (tertiary/aromatic N) is 2. The van der Waals surface area contributed by atoms with Gasteiger partial charge < -0.3 is 14.2 Å². The molecule has 2 amide bonds. The largest absolute Gasteiger partial charge is 0.451 e. The van der Waals surface area contributed by atoms with Gasteiger partial charge in [0.2, 0.25) is 5.91 Å². The molecule has 0 bridgehead atoms. The van der Waals surface area contributed by atoms with Crippen LogP contribution in [0.15, 0.2) is 57.1 Å². The minimum atomic E-state index is -0.303. The third-order valence-electron chi connectivity index (χ3n) is 5.74. The maximum Gasteiger partial charge on any atom is 0.289 e. The number of hydrogen-bond acceptors (Lipinski definition) is 5. The minimum Gasteiger partial charge on any atom is -0.451 e. The molecule has 2 aliphatic rings. The Morgan fingerprint density at radius 2 is 1.76 bits per heavy atom. The van der Waals surface area contributed by atoms with Crippen LogP contribution in [-0.4, -0.2) is 47.8 Å². The number of thiophene rings is 1.